The van der Waals surface area contributed by atoms with Crippen molar-refractivity contribution in [2.75, 3.05) is 18.5 Å². The van der Waals surface area contributed by atoms with E-state index in [0.29, 0.717) is 23.7 Å². The average Bonchev–Trinajstić information content (AvgIpc) is 2.62. The van der Waals surface area contributed by atoms with Crippen LogP contribution in [0.5, 0.6) is 11.5 Å². The molecule has 0 fully saturated rings. The molecule has 5 heteroatoms. The van der Waals surface area contributed by atoms with Crippen molar-refractivity contribution in [3.8, 4) is 11.5 Å². The fraction of sp³-hybridized carbons (Fsp3) is 0.300. The van der Waals surface area contributed by atoms with E-state index in [1.54, 1.807) is 18.2 Å². The molecule has 0 aliphatic carbocycles. The molecule has 132 valence electrons. The summed E-state index contributed by atoms with van der Waals surface area (Å²) in [6.45, 7) is 6.14. The minimum absolute atomic E-state index is 0.141. The third-order valence-corrected chi connectivity index (χ3v) is 3.77. The number of carbonyl (C=O) groups excluding carboxylic acids is 2. The Hall–Kier alpha value is -2.82. The molecule has 1 N–H and O–H groups in total. The van der Waals surface area contributed by atoms with Crippen molar-refractivity contribution in [1.82, 2.24) is 0 Å². The van der Waals surface area contributed by atoms with E-state index >= 15 is 0 Å². The Balaban J connectivity index is 2.07. The van der Waals surface area contributed by atoms with Gasteiger partial charge in [-0.25, -0.2) is 0 Å². The van der Waals surface area contributed by atoms with Crippen LogP contribution < -0.4 is 14.8 Å². The van der Waals surface area contributed by atoms with E-state index in [1.807, 2.05) is 39.0 Å². The second-order valence-electron chi connectivity index (χ2n) is 5.56. The van der Waals surface area contributed by atoms with Gasteiger partial charge in [0.25, 0.3) is 5.91 Å². The molecule has 0 spiro atoms. The van der Waals surface area contributed by atoms with Crippen molar-refractivity contribution in [2.24, 2.45) is 0 Å². The van der Waals surface area contributed by atoms with Crippen molar-refractivity contribution in [3.63, 3.8) is 0 Å². The van der Waals surface area contributed by atoms with Crippen LogP contribution in [0.4, 0.5) is 5.69 Å². The van der Waals surface area contributed by atoms with Gasteiger partial charge in [-0.15, -0.1) is 0 Å². The summed E-state index contributed by atoms with van der Waals surface area (Å²) in [6.07, 6.45) is 1.57. The number of hydrogen-bond acceptors (Lipinski definition) is 4. The highest BCUT2D eigenvalue weighted by Crippen LogP contribution is 2.28. The molecule has 2 aromatic carbocycles. The van der Waals surface area contributed by atoms with E-state index in [9.17, 15) is 9.59 Å². The summed E-state index contributed by atoms with van der Waals surface area (Å²) in [7, 11) is 0. The molecular weight excluding hydrogens is 318 g/mol. The van der Waals surface area contributed by atoms with Crippen molar-refractivity contribution in [2.45, 2.75) is 27.2 Å². The number of carbonyl (C=O) groups is 2. The van der Waals surface area contributed by atoms with Crippen LogP contribution in [0.1, 0.15) is 35.3 Å². The maximum atomic E-state index is 12.3. The number of amides is 1. The first kappa shape index (κ1) is 18.5. The quantitative estimate of drug-likeness (QED) is 0.742. The van der Waals surface area contributed by atoms with Crippen LogP contribution in [-0.4, -0.2) is 25.4 Å². The van der Waals surface area contributed by atoms with Crippen molar-refractivity contribution in [1.29, 1.82) is 0 Å². The molecule has 0 saturated carbocycles. The molecule has 0 aromatic heterocycles. The van der Waals surface area contributed by atoms with Crippen LogP contribution in [0.25, 0.3) is 0 Å². The number of aryl methyl sites for hydroxylation is 2. The Morgan fingerprint density at radius 2 is 1.92 bits per heavy atom. The van der Waals surface area contributed by atoms with Gasteiger partial charge in [-0.3, -0.25) is 9.59 Å². The largest absolute Gasteiger partial charge is 0.490 e. The maximum absolute atomic E-state index is 12.3. The molecule has 1 amide bonds. The van der Waals surface area contributed by atoms with Crippen molar-refractivity contribution >= 4 is 17.9 Å². The predicted octanol–water partition coefficient (Wildman–Crippen LogP) is 3.79. The van der Waals surface area contributed by atoms with Crippen molar-refractivity contribution < 1.29 is 19.1 Å². The molecular formula is C20H23NO4. The van der Waals surface area contributed by atoms with Crippen LogP contribution >= 0.6 is 0 Å². The molecule has 5 nitrogen and oxygen atoms in total. The standard InChI is InChI=1S/C20H23NO4/c1-4-16-8-6-7-14(3)20(16)21-19(23)13-25-17-10-9-15(12-22)11-18(17)24-5-2/h6-12H,4-5,13H2,1-3H3,(H,21,23). The number of hydrogen-bond donors (Lipinski definition) is 1. The zero-order valence-electron chi connectivity index (χ0n) is 14.8. The highest BCUT2D eigenvalue weighted by atomic mass is 16.5. The van der Waals surface area contributed by atoms with Gasteiger partial charge in [0.15, 0.2) is 18.1 Å². The predicted molar refractivity (Wildman–Crippen MR) is 97.7 cm³/mol. The van der Waals surface area contributed by atoms with E-state index in [1.165, 1.54) is 0 Å². The zero-order valence-corrected chi connectivity index (χ0v) is 14.8. The van der Waals surface area contributed by atoms with Gasteiger partial charge in [0.05, 0.1) is 6.61 Å². The molecule has 0 bridgehead atoms. The number of anilines is 1. The fourth-order valence-corrected chi connectivity index (χ4v) is 2.51. The van der Waals surface area contributed by atoms with Crippen LogP contribution in [0.15, 0.2) is 36.4 Å². The first-order chi connectivity index (χ1) is 12.1. The minimum Gasteiger partial charge on any atom is -0.490 e. The third-order valence-electron chi connectivity index (χ3n) is 3.77. The number of aldehydes is 1. The topological polar surface area (TPSA) is 64.6 Å². The lowest BCUT2D eigenvalue weighted by Crippen LogP contribution is -2.21. The molecule has 25 heavy (non-hydrogen) atoms. The lowest BCUT2D eigenvalue weighted by Gasteiger charge is -2.15. The molecule has 0 heterocycles. The molecule has 0 saturated heterocycles. The minimum atomic E-state index is -0.245. The van der Waals surface area contributed by atoms with Crippen molar-refractivity contribution in [3.05, 3.63) is 53.1 Å². The summed E-state index contributed by atoms with van der Waals surface area (Å²) in [4.78, 5) is 23.1. The molecule has 0 aliphatic rings. The zero-order chi connectivity index (χ0) is 18.2. The van der Waals surface area contributed by atoms with Crippen LogP contribution in [0, 0.1) is 6.92 Å². The van der Waals surface area contributed by atoms with Gasteiger partial charge in [0.1, 0.15) is 6.29 Å². The number of ether oxygens (including phenoxy) is 2. The SMILES string of the molecule is CCOc1cc(C=O)ccc1OCC(=O)Nc1c(C)cccc1CC. The highest BCUT2D eigenvalue weighted by Gasteiger charge is 2.12. The Kier molecular flexibility index (Phi) is 6.57. The van der Waals surface area contributed by atoms with Gasteiger partial charge in [0, 0.05) is 11.3 Å². The summed E-state index contributed by atoms with van der Waals surface area (Å²) in [6, 6.07) is 10.8. The van der Waals surface area contributed by atoms with Crippen LogP contribution in [-0.2, 0) is 11.2 Å². The van der Waals surface area contributed by atoms with Gasteiger partial charge in [-0.1, -0.05) is 25.1 Å². The Labute approximate surface area is 148 Å². The first-order valence-electron chi connectivity index (χ1n) is 8.32. The lowest BCUT2D eigenvalue weighted by atomic mass is 10.1. The number of benzene rings is 2. The van der Waals surface area contributed by atoms with Crippen LogP contribution in [0.2, 0.25) is 0 Å². The Bertz CT molecular complexity index is 755. The van der Waals surface area contributed by atoms with Gasteiger partial charge in [-0.2, -0.15) is 0 Å². The highest BCUT2D eigenvalue weighted by molar-refractivity contribution is 5.93. The second-order valence-corrected chi connectivity index (χ2v) is 5.56. The average molecular weight is 341 g/mol. The summed E-state index contributed by atoms with van der Waals surface area (Å²) in [5, 5.41) is 2.91. The summed E-state index contributed by atoms with van der Waals surface area (Å²) >= 11 is 0. The van der Waals surface area contributed by atoms with E-state index in [2.05, 4.69) is 5.32 Å². The van der Waals surface area contributed by atoms with E-state index < -0.39 is 0 Å². The maximum Gasteiger partial charge on any atom is 0.262 e. The Morgan fingerprint density at radius 3 is 2.60 bits per heavy atom. The van der Waals surface area contributed by atoms with E-state index in [4.69, 9.17) is 9.47 Å². The lowest BCUT2D eigenvalue weighted by molar-refractivity contribution is -0.118. The number of para-hydroxylation sites is 1. The molecule has 0 unspecified atom stereocenters. The third kappa shape index (κ3) is 4.83. The summed E-state index contributed by atoms with van der Waals surface area (Å²) in [5.74, 6) is 0.638. The normalized spacial score (nSPS) is 10.2. The molecule has 0 atom stereocenters. The van der Waals surface area contributed by atoms with Gasteiger partial charge >= 0.3 is 0 Å². The summed E-state index contributed by atoms with van der Waals surface area (Å²) < 4.78 is 11.1. The Morgan fingerprint density at radius 1 is 1.12 bits per heavy atom. The fourth-order valence-electron chi connectivity index (χ4n) is 2.51. The first-order valence-corrected chi connectivity index (χ1v) is 8.32. The van der Waals surface area contributed by atoms with Gasteiger partial charge in [-0.05, 0) is 49.6 Å². The molecule has 0 aliphatic heterocycles. The molecule has 2 aromatic rings. The van der Waals surface area contributed by atoms with E-state index in [-0.39, 0.29) is 12.5 Å². The smallest absolute Gasteiger partial charge is 0.262 e. The molecule has 0 radical (unpaired) electrons. The van der Waals surface area contributed by atoms with Gasteiger partial charge in [0.2, 0.25) is 0 Å². The number of nitrogens with one attached hydrogen (secondary N) is 1. The summed E-state index contributed by atoms with van der Waals surface area (Å²) in [5.41, 5.74) is 3.42. The second kappa shape index (κ2) is 8.87. The van der Waals surface area contributed by atoms with Gasteiger partial charge < -0.3 is 14.8 Å². The van der Waals surface area contributed by atoms with E-state index in [0.717, 1.165) is 29.5 Å². The van der Waals surface area contributed by atoms with Crippen LogP contribution in [0.3, 0.4) is 0 Å². The number of rotatable bonds is 8. The molecule has 2 rings (SSSR count). The monoisotopic (exact) mass is 341 g/mol.